The molecule has 7 nitrogen and oxygen atoms in total. The Hall–Kier alpha value is -2.41. The molecule has 0 saturated carbocycles. The highest BCUT2D eigenvalue weighted by Gasteiger charge is 1.98. The second kappa shape index (κ2) is 20.9. The molecule has 0 aliphatic carbocycles. The molecule has 0 rings (SSSR count). The Morgan fingerprint density at radius 2 is 1.21 bits per heavy atom. The van der Waals surface area contributed by atoms with Crippen molar-refractivity contribution in [2.24, 2.45) is 0 Å². The van der Waals surface area contributed by atoms with E-state index in [2.05, 4.69) is 24.6 Å². The Balaban J connectivity index is -0.0000000848. The van der Waals surface area contributed by atoms with Gasteiger partial charge in [0.25, 0.3) is 0 Å². The largest absolute Gasteiger partial charge is 0.478 e. The second-order valence-corrected chi connectivity index (χ2v) is 2.24. The second-order valence-electron chi connectivity index (χ2n) is 2.24. The molecule has 0 atom stereocenters. The Morgan fingerprint density at radius 1 is 1.00 bits per heavy atom. The summed E-state index contributed by atoms with van der Waals surface area (Å²) in [5.41, 5.74) is 0.183. The number of carboxylic acids is 2. The molecule has 0 saturated heterocycles. The zero-order valence-electron chi connectivity index (χ0n) is 11.3. The Kier molecular flexibility index (Phi) is 28.0. The summed E-state index contributed by atoms with van der Waals surface area (Å²) >= 11 is 0. The van der Waals surface area contributed by atoms with Crippen LogP contribution in [0.3, 0.4) is 0 Å². The molecule has 0 spiro atoms. The average Bonchev–Trinajstić information content (AvgIpc) is 2.41. The summed E-state index contributed by atoms with van der Waals surface area (Å²) in [7, 11) is 0. The van der Waals surface area contributed by atoms with Crippen molar-refractivity contribution in [1.29, 1.82) is 0 Å². The third kappa shape index (κ3) is 50.0. The number of rotatable bonds is 3. The number of carbonyl (C=O) groups excluding carboxylic acids is 1. The fourth-order valence-corrected chi connectivity index (χ4v) is 0.0779. The van der Waals surface area contributed by atoms with Crippen LogP contribution in [0.15, 0.2) is 37.5 Å². The molecule has 0 aliphatic rings. The summed E-state index contributed by atoms with van der Waals surface area (Å²) in [6.07, 6.45) is 1.67. The van der Waals surface area contributed by atoms with Gasteiger partial charge in [0.1, 0.15) is 0 Å². The molecule has 0 unspecified atom stereocenters. The summed E-state index contributed by atoms with van der Waals surface area (Å²) in [5, 5.41) is 22.8. The molecule has 0 amide bonds. The SMILES string of the molecule is C=C(C)C(=O)OO.C=CC(=O)O.C=CC(=O)O.CC. The fourth-order valence-electron chi connectivity index (χ4n) is 0.0779. The first kappa shape index (κ1) is 25.4. The number of hydrogen-bond acceptors (Lipinski definition) is 5. The van der Waals surface area contributed by atoms with Crippen LogP contribution >= 0.6 is 0 Å². The van der Waals surface area contributed by atoms with Crippen molar-refractivity contribution in [1.82, 2.24) is 0 Å². The molecule has 0 aromatic heterocycles. The van der Waals surface area contributed by atoms with Crippen molar-refractivity contribution in [3.63, 3.8) is 0 Å². The molecule has 0 aromatic carbocycles. The quantitative estimate of drug-likeness (QED) is 0.410. The number of carboxylic acid groups (broad SMARTS) is 2. The predicted molar refractivity (Wildman–Crippen MR) is 70.5 cm³/mol. The minimum atomic E-state index is -0.981. The first-order valence-corrected chi connectivity index (χ1v) is 4.94. The van der Waals surface area contributed by atoms with E-state index >= 15 is 0 Å². The molecule has 7 heteroatoms. The average molecular weight is 276 g/mol. The van der Waals surface area contributed by atoms with Crippen LogP contribution < -0.4 is 0 Å². The maximum Gasteiger partial charge on any atom is 0.367 e. The summed E-state index contributed by atoms with van der Waals surface area (Å²) in [4.78, 5) is 31.7. The number of aliphatic carboxylic acids is 2. The van der Waals surface area contributed by atoms with Crippen LogP contribution in [0, 0.1) is 0 Å². The van der Waals surface area contributed by atoms with E-state index in [9.17, 15) is 14.4 Å². The van der Waals surface area contributed by atoms with Crippen LogP contribution in [0.4, 0.5) is 0 Å². The maximum absolute atomic E-state index is 9.94. The molecular formula is C12H20O7. The summed E-state index contributed by atoms with van der Waals surface area (Å²) < 4.78 is 0. The lowest BCUT2D eigenvalue weighted by molar-refractivity contribution is -0.229. The monoisotopic (exact) mass is 276 g/mol. The molecular weight excluding hydrogens is 256 g/mol. The van der Waals surface area contributed by atoms with E-state index in [1.165, 1.54) is 6.92 Å². The molecule has 0 aliphatic heterocycles. The van der Waals surface area contributed by atoms with Gasteiger partial charge in [-0.05, 0) is 6.92 Å². The van der Waals surface area contributed by atoms with Gasteiger partial charge in [-0.2, -0.15) is 5.26 Å². The van der Waals surface area contributed by atoms with E-state index in [0.717, 1.165) is 12.2 Å². The van der Waals surface area contributed by atoms with Crippen molar-refractivity contribution >= 4 is 17.9 Å². The molecule has 0 bridgehead atoms. The first-order valence-electron chi connectivity index (χ1n) is 4.94. The van der Waals surface area contributed by atoms with Gasteiger partial charge in [-0.1, -0.05) is 33.6 Å². The van der Waals surface area contributed by atoms with E-state index in [-0.39, 0.29) is 5.57 Å². The molecule has 0 aromatic rings. The van der Waals surface area contributed by atoms with Crippen LogP contribution in [-0.4, -0.2) is 33.4 Å². The van der Waals surface area contributed by atoms with E-state index in [0.29, 0.717) is 0 Å². The van der Waals surface area contributed by atoms with Gasteiger partial charge in [-0.25, -0.2) is 14.4 Å². The van der Waals surface area contributed by atoms with Gasteiger partial charge < -0.3 is 10.2 Å². The smallest absolute Gasteiger partial charge is 0.367 e. The number of hydrogen-bond donors (Lipinski definition) is 3. The standard InChI is InChI=1S/C4H6O3.2C3H4O2.C2H6/c1-3(2)4(5)7-6;2*1-2-3(4)5;1-2/h6H,1H2,2H3;2*2H,1H2,(H,4,5);1-2H3. The van der Waals surface area contributed by atoms with Crippen molar-refractivity contribution in [2.45, 2.75) is 20.8 Å². The van der Waals surface area contributed by atoms with E-state index < -0.39 is 17.9 Å². The third-order valence-corrected chi connectivity index (χ3v) is 0.781. The molecule has 0 heterocycles. The van der Waals surface area contributed by atoms with Gasteiger partial charge in [0.05, 0.1) is 0 Å². The van der Waals surface area contributed by atoms with Crippen molar-refractivity contribution < 1.29 is 34.7 Å². The van der Waals surface area contributed by atoms with E-state index in [4.69, 9.17) is 15.5 Å². The minimum absolute atomic E-state index is 0.183. The van der Waals surface area contributed by atoms with Crippen molar-refractivity contribution in [3.05, 3.63) is 37.5 Å². The lowest BCUT2D eigenvalue weighted by Gasteiger charge is -1.88. The van der Waals surface area contributed by atoms with Gasteiger partial charge in [-0.15, -0.1) is 0 Å². The fraction of sp³-hybridized carbons (Fsp3) is 0.250. The zero-order valence-corrected chi connectivity index (χ0v) is 11.3. The van der Waals surface area contributed by atoms with Crippen molar-refractivity contribution in [2.75, 3.05) is 0 Å². The topological polar surface area (TPSA) is 121 Å². The highest BCUT2D eigenvalue weighted by Crippen LogP contribution is 1.86. The summed E-state index contributed by atoms with van der Waals surface area (Å²) in [5.74, 6) is -2.75. The molecule has 0 radical (unpaired) electrons. The highest BCUT2D eigenvalue weighted by atomic mass is 17.1. The Bertz CT molecular complexity index is 287. The lowest BCUT2D eigenvalue weighted by atomic mass is 10.4. The summed E-state index contributed by atoms with van der Waals surface area (Å²) in [6.45, 7) is 14.6. The predicted octanol–water partition coefficient (Wildman–Crippen LogP) is 2.12. The highest BCUT2D eigenvalue weighted by molar-refractivity contribution is 5.86. The third-order valence-electron chi connectivity index (χ3n) is 0.781. The lowest BCUT2D eigenvalue weighted by Crippen LogP contribution is -1.99. The zero-order chi connectivity index (χ0) is 16.4. The molecule has 0 fully saturated rings. The van der Waals surface area contributed by atoms with Crippen LogP contribution in [0.5, 0.6) is 0 Å². The van der Waals surface area contributed by atoms with Crippen LogP contribution in [-0.2, 0) is 19.3 Å². The minimum Gasteiger partial charge on any atom is -0.478 e. The van der Waals surface area contributed by atoms with E-state index in [1.807, 2.05) is 13.8 Å². The van der Waals surface area contributed by atoms with Crippen LogP contribution in [0.1, 0.15) is 20.8 Å². The van der Waals surface area contributed by atoms with Gasteiger partial charge in [0, 0.05) is 17.7 Å². The summed E-state index contributed by atoms with van der Waals surface area (Å²) in [6, 6.07) is 0. The van der Waals surface area contributed by atoms with Gasteiger partial charge >= 0.3 is 17.9 Å². The van der Waals surface area contributed by atoms with Gasteiger partial charge in [0.15, 0.2) is 0 Å². The number of carbonyl (C=O) groups is 3. The van der Waals surface area contributed by atoms with Gasteiger partial charge in [0.2, 0.25) is 0 Å². The Morgan fingerprint density at radius 3 is 1.21 bits per heavy atom. The van der Waals surface area contributed by atoms with Gasteiger partial charge in [-0.3, -0.25) is 4.89 Å². The first-order chi connectivity index (χ1) is 8.72. The van der Waals surface area contributed by atoms with Crippen LogP contribution in [0.25, 0.3) is 0 Å². The molecule has 3 N–H and O–H groups in total. The Labute approximate surface area is 112 Å². The normalized spacial score (nSPS) is 6.53. The van der Waals surface area contributed by atoms with Crippen molar-refractivity contribution in [3.8, 4) is 0 Å². The maximum atomic E-state index is 9.94. The van der Waals surface area contributed by atoms with E-state index in [1.54, 1.807) is 0 Å². The van der Waals surface area contributed by atoms with Crippen LogP contribution in [0.2, 0.25) is 0 Å². The molecule has 19 heavy (non-hydrogen) atoms. The molecule has 110 valence electrons.